The van der Waals surface area contributed by atoms with E-state index in [1.54, 1.807) is 7.05 Å². The van der Waals surface area contributed by atoms with Crippen LogP contribution in [0.3, 0.4) is 0 Å². The van der Waals surface area contributed by atoms with Gasteiger partial charge in [0.25, 0.3) is 0 Å². The van der Waals surface area contributed by atoms with Gasteiger partial charge in [0.2, 0.25) is 21.8 Å². The van der Waals surface area contributed by atoms with Gasteiger partial charge in [-0.15, -0.1) is 10.2 Å². The highest BCUT2D eigenvalue weighted by molar-refractivity contribution is 9.10. The lowest BCUT2D eigenvalue weighted by Gasteiger charge is -2.34. The van der Waals surface area contributed by atoms with Crippen LogP contribution in [0.2, 0.25) is 0 Å². The predicted octanol–water partition coefficient (Wildman–Crippen LogP) is 2.35. The van der Waals surface area contributed by atoms with Crippen LogP contribution < -0.4 is 0 Å². The van der Waals surface area contributed by atoms with Crippen molar-refractivity contribution < 1.29 is 12.8 Å². The van der Waals surface area contributed by atoms with E-state index in [9.17, 15) is 8.42 Å². The van der Waals surface area contributed by atoms with Gasteiger partial charge < -0.3 is 4.42 Å². The summed E-state index contributed by atoms with van der Waals surface area (Å²) in [6, 6.07) is 7.78. The summed E-state index contributed by atoms with van der Waals surface area (Å²) in [6.45, 7) is 2.19. The number of likely N-dealkylation sites (tertiary alicyclic amines) is 1. The molecule has 0 unspecified atom stereocenters. The summed E-state index contributed by atoms with van der Waals surface area (Å²) >= 11 is 3.40. The van der Waals surface area contributed by atoms with Gasteiger partial charge in [-0.1, -0.05) is 15.9 Å². The topological polar surface area (TPSA) is 79.5 Å². The minimum atomic E-state index is -3.14. The summed E-state index contributed by atoms with van der Waals surface area (Å²) in [5.41, 5.74) is 0.885. The number of benzene rings is 1. The minimum Gasteiger partial charge on any atom is -0.419 e. The Labute approximate surface area is 156 Å². The number of piperidine rings is 1. The molecule has 1 aliphatic rings. The third-order valence-corrected chi connectivity index (χ3v) is 6.38. The fraction of sp³-hybridized carbons (Fsp3) is 0.500. The molecule has 136 valence electrons. The molecule has 1 saturated heterocycles. The first-order chi connectivity index (χ1) is 11.8. The molecule has 2 aromatic rings. The van der Waals surface area contributed by atoms with Gasteiger partial charge in [-0.3, -0.25) is 4.90 Å². The smallest absolute Gasteiger partial charge is 0.247 e. The van der Waals surface area contributed by atoms with E-state index in [1.807, 2.05) is 24.3 Å². The molecule has 0 amide bonds. The maximum absolute atomic E-state index is 11.6. The van der Waals surface area contributed by atoms with Crippen LogP contribution in [0.4, 0.5) is 0 Å². The van der Waals surface area contributed by atoms with E-state index in [0.29, 0.717) is 18.3 Å². The standard InChI is InChI=1S/C16H21BrN4O3S/c1-20(25(2,22)23)14-7-9-21(10-8-14)11-15-18-19-16(24-15)12-3-5-13(17)6-4-12/h3-6,14H,7-11H2,1-2H3. The van der Waals surface area contributed by atoms with Crippen molar-refractivity contribution in [2.75, 3.05) is 26.4 Å². The highest BCUT2D eigenvalue weighted by Gasteiger charge is 2.27. The lowest BCUT2D eigenvalue weighted by molar-refractivity contribution is 0.153. The molecule has 3 rings (SSSR count). The lowest BCUT2D eigenvalue weighted by Crippen LogP contribution is -2.44. The predicted molar refractivity (Wildman–Crippen MR) is 98.3 cm³/mol. The molecule has 0 radical (unpaired) electrons. The van der Waals surface area contributed by atoms with E-state index < -0.39 is 10.0 Å². The van der Waals surface area contributed by atoms with Crippen LogP contribution in [-0.4, -0.2) is 60.3 Å². The number of aromatic nitrogens is 2. The van der Waals surface area contributed by atoms with E-state index in [1.165, 1.54) is 10.6 Å². The quantitative estimate of drug-likeness (QED) is 0.726. The highest BCUT2D eigenvalue weighted by Crippen LogP contribution is 2.22. The molecule has 0 N–H and O–H groups in total. The Morgan fingerprint density at radius 1 is 1.24 bits per heavy atom. The van der Waals surface area contributed by atoms with Crippen LogP contribution in [0, 0.1) is 0 Å². The van der Waals surface area contributed by atoms with Gasteiger partial charge in [-0.05, 0) is 37.1 Å². The van der Waals surface area contributed by atoms with Gasteiger partial charge in [-0.25, -0.2) is 12.7 Å². The van der Waals surface area contributed by atoms with Crippen LogP contribution >= 0.6 is 15.9 Å². The van der Waals surface area contributed by atoms with Crippen LogP contribution in [0.1, 0.15) is 18.7 Å². The molecule has 9 heteroatoms. The van der Waals surface area contributed by atoms with Crippen LogP contribution in [0.5, 0.6) is 0 Å². The summed E-state index contributed by atoms with van der Waals surface area (Å²) in [6.07, 6.45) is 2.86. The van der Waals surface area contributed by atoms with Crippen molar-refractivity contribution >= 4 is 26.0 Å². The first-order valence-electron chi connectivity index (χ1n) is 8.06. The van der Waals surface area contributed by atoms with Crippen LogP contribution in [0.15, 0.2) is 33.2 Å². The van der Waals surface area contributed by atoms with E-state index in [-0.39, 0.29) is 6.04 Å². The molecule has 7 nitrogen and oxygen atoms in total. The monoisotopic (exact) mass is 428 g/mol. The van der Waals surface area contributed by atoms with Gasteiger partial charge in [0, 0.05) is 36.2 Å². The largest absolute Gasteiger partial charge is 0.419 e. The zero-order valence-electron chi connectivity index (χ0n) is 14.2. The maximum atomic E-state index is 11.6. The summed E-state index contributed by atoms with van der Waals surface area (Å²) in [7, 11) is -1.49. The summed E-state index contributed by atoms with van der Waals surface area (Å²) < 4.78 is 31.5. The lowest BCUT2D eigenvalue weighted by atomic mass is 10.1. The van der Waals surface area contributed by atoms with Gasteiger partial charge >= 0.3 is 0 Å². The molecule has 1 fully saturated rings. The minimum absolute atomic E-state index is 0.0623. The summed E-state index contributed by atoms with van der Waals surface area (Å²) in [5.74, 6) is 1.09. The Balaban J connectivity index is 1.57. The molecule has 25 heavy (non-hydrogen) atoms. The molecule has 2 heterocycles. The van der Waals surface area contributed by atoms with Crippen LogP contribution in [-0.2, 0) is 16.6 Å². The number of hydrogen-bond donors (Lipinski definition) is 0. The van der Waals surface area contributed by atoms with E-state index in [2.05, 4.69) is 31.0 Å². The molecule has 0 saturated carbocycles. The van der Waals surface area contributed by atoms with Crippen molar-refractivity contribution in [1.82, 2.24) is 19.4 Å². The van der Waals surface area contributed by atoms with Crippen molar-refractivity contribution in [3.63, 3.8) is 0 Å². The van der Waals surface area contributed by atoms with Crippen LogP contribution in [0.25, 0.3) is 11.5 Å². The van der Waals surface area contributed by atoms with E-state index in [0.717, 1.165) is 36.0 Å². The van der Waals surface area contributed by atoms with Crippen molar-refractivity contribution in [3.8, 4) is 11.5 Å². The molecule has 0 atom stereocenters. The average molecular weight is 429 g/mol. The van der Waals surface area contributed by atoms with E-state index >= 15 is 0 Å². The Hall–Kier alpha value is -1.29. The zero-order valence-corrected chi connectivity index (χ0v) is 16.6. The highest BCUT2D eigenvalue weighted by atomic mass is 79.9. The molecular weight excluding hydrogens is 408 g/mol. The first kappa shape index (κ1) is 18.5. The fourth-order valence-corrected chi connectivity index (χ4v) is 3.95. The fourth-order valence-electron chi connectivity index (χ4n) is 2.93. The number of nitrogens with zero attached hydrogens (tertiary/aromatic N) is 4. The van der Waals surface area contributed by atoms with Crippen molar-refractivity contribution in [2.45, 2.75) is 25.4 Å². The molecular formula is C16H21BrN4O3S. The second-order valence-corrected chi connectivity index (χ2v) is 9.25. The summed E-state index contributed by atoms with van der Waals surface area (Å²) in [4.78, 5) is 2.21. The van der Waals surface area contributed by atoms with Crippen molar-refractivity contribution in [2.24, 2.45) is 0 Å². The summed E-state index contributed by atoms with van der Waals surface area (Å²) in [5, 5.41) is 8.24. The van der Waals surface area contributed by atoms with Gasteiger partial charge in [-0.2, -0.15) is 0 Å². The third-order valence-electron chi connectivity index (χ3n) is 4.51. The average Bonchev–Trinajstić information content (AvgIpc) is 3.03. The van der Waals surface area contributed by atoms with Crippen molar-refractivity contribution in [3.05, 3.63) is 34.6 Å². The molecule has 0 bridgehead atoms. The zero-order chi connectivity index (χ0) is 18.0. The Bertz CT molecular complexity index is 814. The molecule has 1 aliphatic heterocycles. The molecule has 0 spiro atoms. The molecule has 1 aromatic carbocycles. The second-order valence-electron chi connectivity index (χ2n) is 6.29. The number of hydrogen-bond acceptors (Lipinski definition) is 6. The Morgan fingerprint density at radius 2 is 1.88 bits per heavy atom. The molecule has 1 aromatic heterocycles. The third kappa shape index (κ3) is 4.66. The first-order valence-corrected chi connectivity index (χ1v) is 10.7. The maximum Gasteiger partial charge on any atom is 0.247 e. The SMILES string of the molecule is CN(C1CCN(Cc2nnc(-c3ccc(Br)cc3)o2)CC1)S(C)(=O)=O. The Kier molecular flexibility index (Phi) is 5.57. The van der Waals surface area contributed by atoms with Gasteiger partial charge in [0.15, 0.2) is 0 Å². The number of halogens is 1. The van der Waals surface area contributed by atoms with Gasteiger partial charge in [0.1, 0.15) is 0 Å². The Morgan fingerprint density at radius 3 is 2.48 bits per heavy atom. The van der Waals surface area contributed by atoms with Crippen molar-refractivity contribution in [1.29, 1.82) is 0 Å². The number of sulfonamides is 1. The van der Waals surface area contributed by atoms with Gasteiger partial charge in [0.05, 0.1) is 12.8 Å². The second kappa shape index (κ2) is 7.53. The molecule has 0 aliphatic carbocycles. The normalized spacial score (nSPS) is 17.3. The number of rotatable bonds is 5. The van der Waals surface area contributed by atoms with E-state index in [4.69, 9.17) is 4.42 Å².